The molecule has 0 rings (SSSR count). The zero-order valence-corrected chi connectivity index (χ0v) is 18.6. The lowest BCUT2D eigenvalue weighted by Gasteiger charge is -2.06. The number of thiol groups is 3. The summed E-state index contributed by atoms with van der Waals surface area (Å²) in [7, 11) is 3.67. The zero-order chi connectivity index (χ0) is 19.4. The van der Waals surface area contributed by atoms with Crippen LogP contribution in [0.5, 0.6) is 0 Å². The molecule has 4 unspecified atom stereocenters. The molecule has 0 aromatic rings. The molecule has 0 nitrogen and oxygen atoms in total. The van der Waals surface area contributed by atoms with Gasteiger partial charge in [-0.05, 0) is 36.0 Å². The maximum absolute atomic E-state index is 5.00. The molecule has 5 heteroatoms. The summed E-state index contributed by atoms with van der Waals surface area (Å²) in [6, 6.07) is 0. The fourth-order valence-corrected chi connectivity index (χ4v) is 3.58. The van der Waals surface area contributed by atoms with Crippen molar-refractivity contribution in [1.29, 1.82) is 0 Å². The quantitative estimate of drug-likeness (QED) is 0.234. The van der Waals surface area contributed by atoms with Crippen molar-refractivity contribution in [3.05, 3.63) is 25.3 Å². The molecule has 0 amide bonds. The van der Waals surface area contributed by atoms with Crippen LogP contribution in [0.1, 0.15) is 52.4 Å². The minimum absolute atomic E-state index is 0. The van der Waals surface area contributed by atoms with Gasteiger partial charge in [0.25, 0.3) is 0 Å². The Kier molecular flexibility index (Phi) is 22.5. The largest absolute Gasteiger partial charge is 0.177 e. The standard InChI is InChI=1S/C8H14S2.C5H12S2.C3H8S.2H2/c1-5-7(3)9-10-8(4)6-2;1-4(6)3-5(2)7;1-3(2)4;;/h5-8H,1-2H2,3-4H3;4-7H,3H2,1-2H3;3-4H,1-2H3;2*1H/i;;;1+2D;1+2. The molecular weight excluding hydrogens is 353 g/mol. The number of hydrogen-bond donors (Lipinski definition) is 3. The molecule has 0 N–H and O–H groups in total. The first kappa shape index (κ1) is 24.5. The van der Waals surface area contributed by atoms with Crippen LogP contribution in [0.15, 0.2) is 25.3 Å². The lowest BCUT2D eigenvalue weighted by molar-refractivity contribution is 0.812. The zero-order valence-electron chi connectivity index (χ0n) is 16.3. The van der Waals surface area contributed by atoms with E-state index in [-0.39, 0.29) is 1.43 Å². The van der Waals surface area contributed by atoms with Crippen molar-refractivity contribution in [2.45, 2.75) is 74.2 Å². The van der Waals surface area contributed by atoms with Gasteiger partial charge in [-0.2, -0.15) is 37.9 Å². The van der Waals surface area contributed by atoms with Crippen LogP contribution in [0.3, 0.4) is 0 Å². The van der Waals surface area contributed by atoms with Crippen LogP contribution in [-0.2, 0) is 0 Å². The minimum atomic E-state index is 0. The molecule has 0 heterocycles. The third kappa shape index (κ3) is 38.8. The van der Waals surface area contributed by atoms with E-state index in [2.05, 4.69) is 78.7 Å². The van der Waals surface area contributed by atoms with Gasteiger partial charge in [-0.3, -0.25) is 0 Å². The first-order valence-corrected chi connectivity index (χ1v) is 11.0. The number of rotatable bonds is 7. The predicted molar refractivity (Wildman–Crippen MR) is 124 cm³/mol. The Morgan fingerprint density at radius 2 is 1.14 bits per heavy atom. The van der Waals surface area contributed by atoms with Crippen molar-refractivity contribution in [3.63, 3.8) is 0 Å². The van der Waals surface area contributed by atoms with Gasteiger partial charge in [-0.1, -0.05) is 61.4 Å². The van der Waals surface area contributed by atoms with Crippen LogP contribution < -0.4 is 0 Å². The molecule has 0 saturated carbocycles. The van der Waals surface area contributed by atoms with Crippen molar-refractivity contribution in [2.24, 2.45) is 0 Å². The van der Waals surface area contributed by atoms with E-state index < -0.39 is 0 Å². The monoisotopic (exact) mass is 395 g/mol. The Morgan fingerprint density at radius 3 is 1.24 bits per heavy atom. The maximum atomic E-state index is 5.00. The lowest BCUT2D eigenvalue weighted by atomic mass is 10.3. The van der Waals surface area contributed by atoms with E-state index in [0.29, 0.717) is 26.2 Å². The van der Waals surface area contributed by atoms with Crippen LogP contribution >= 0.6 is 59.5 Å². The topological polar surface area (TPSA) is 0 Å². The van der Waals surface area contributed by atoms with Crippen LogP contribution in [-0.4, -0.2) is 26.2 Å². The van der Waals surface area contributed by atoms with Crippen molar-refractivity contribution < 1.29 is 4.40 Å². The molecule has 0 aromatic carbocycles. The second kappa shape index (κ2) is 19.3. The normalized spacial score (nSPS) is 15.9. The highest BCUT2D eigenvalue weighted by Crippen LogP contribution is 2.31. The average Bonchev–Trinajstić information content (AvgIpc) is 2.45. The van der Waals surface area contributed by atoms with Crippen LogP contribution in [0, 0.1) is 0 Å². The third-order valence-corrected chi connectivity index (χ3v) is 5.38. The summed E-state index contributed by atoms with van der Waals surface area (Å²) < 4.78 is 10.0. The van der Waals surface area contributed by atoms with Gasteiger partial charge in [0.05, 0.1) is 0 Å². The Bertz CT molecular complexity index is 217. The highest BCUT2D eigenvalue weighted by atomic mass is 33.1. The highest BCUT2D eigenvalue weighted by molar-refractivity contribution is 8.77. The van der Waals surface area contributed by atoms with E-state index in [1.807, 2.05) is 47.6 Å². The lowest BCUT2D eigenvalue weighted by Crippen LogP contribution is -1.99. The van der Waals surface area contributed by atoms with Gasteiger partial charge in [0, 0.05) is 14.9 Å². The summed E-state index contributed by atoms with van der Waals surface area (Å²) in [6.45, 7) is 19.9. The predicted octanol–water partition coefficient (Wildman–Crippen LogP) is 7.35. The summed E-state index contributed by atoms with van der Waals surface area (Å²) in [5.74, 6) is 0. The molecule has 4 atom stereocenters. The first-order valence-electron chi connectivity index (χ1n) is 8.18. The molecule has 0 aliphatic rings. The second-order valence-electron chi connectivity index (χ2n) is 5.10. The van der Waals surface area contributed by atoms with E-state index in [1.165, 1.54) is 0 Å². The molecule has 0 saturated heterocycles. The Hall–Kier alpha value is 1.23. The molecule has 0 aliphatic heterocycles. The van der Waals surface area contributed by atoms with Crippen LogP contribution in [0.2, 0.25) is 0 Å². The molecule has 0 aliphatic carbocycles. The Balaban J connectivity index is -0.0000000754. The van der Waals surface area contributed by atoms with Crippen molar-refractivity contribution in [3.8, 4) is 0 Å². The van der Waals surface area contributed by atoms with Gasteiger partial charge in [-0.25, -0.2) is 0 Å². The highest BCUT2D eigenvalue weighted by Gasteiger charge is 2.00. The van der Waals surface area contributed by atoms with Crippen LogP contribution in [0.25, 0.3) is 0 Å². The summed E-state index contributed by atoms with van der Waals surface area (Å²) >= 11 is 12.3. The molecule has 21 heavy (non-hydrogen) atoms. The van der Waals surface area contributed by atoms with Crippen molar-refractivity contribution in [2.75, 3.05) is 0 Å². The smallest absolute Gasteiger partial charge is 0.0300 e. The first-order chi connectivity index (χ1) is 10.6. The molecule has 0 aromatic heterocycles. The van der Waals surface area contributed by atoms with Gasteiger partial charge >= 0.3 is 0 Å². The summed E-state index contributed by atoms with van der Waals surface area (Å²) in [6.07, 6.45) is 4.99. The third-order valence-electron chi connectivity index (χ3n) is 1.71. The van der Waals surface area contributed by atoms with Crippen molar-refractivity contribution >= 4 is 59.5 Å². The van der Waals surface area contributed by atoms with E-state index in [1.54, 1.807) is 0 Å². The summed E-state index contributed by atoms with van der Waals surface area (Å²) in [5.41, 5.74) is 0. The molecule has 0 radical (unpaired) electrons. The Morgan fingerprint density at radius 1 is 0.905 bits per heavy atom. The van der Waals surface area contributed by atoms with Gasteiger partial charge in [0.2, 0.25) is 0 Å². The van der Waals surface area contributed by atoms with Gasteiger partial charge in [-0.15, -0.1) is 13.2 Å². The van der Waals surface area contributed by atoms with Crippen molar-refractivity contribution in [1.82, 2.24) is 0 Å². The SMILES string of the molecule is C=CC(C)SSC(C)C=C.CC(C)S.CC(S)CC(C)S.[2H][3H].[3HH]. The molecule has 0 bridgehead atoms. The van der Waals surface area contributed by atoms with E-state index in [0.717, 1.165) is 6.42 Å². The maximum Gasteiger partial charge on any atom is 0.0300 e. The van der Waals surface area contributed by atoms with Gasteiger partial charge in [0.1, 0.15) is 0 Å². The molecule has 132 valence electrons. The number of hydrogen-bond acceptors (Lipinski definition) is 5. The van der Waals surface area contributed by atoms with E-state index >= 15 is 0 Å². The summed E-state index contributed by atoms with van der Waals surface area (Å²) in [5, 5.41) is 2.58. The molecule has 0 fully saturated rings. The van der Waals surface area contributed by atoms with Gasteiger partial charge < -0.3 is 0 Å². The van der Waals surface area contributed by atoms with Gasteiger partial charge in [0.15, 0.2) is 0 Å². The van der Waals surface area contributed by atoms with E-state index in [9.17, 15) is 0 Å². The Labute approximate surface area is 163 Å². The average molecular weight is 396 g/mol. The fraction of sp³-hybridized carbons (Fsp3) is 0.750. The minimum Gasteiger partial charge on any atom is -0.177 e. The second-order valence-corrected chi connectivity index (χ2v) is 10.9. The van der Waals surface area contributed by atoms with Crippen LogP contribution in [0.4, 0.5) is 0 Å². The fourth-order valence-electron chi connectivity index (χ4n) is 0.747. The molecule has 0 spiro atoms. The summed E-state index contributed by atoms with van der Waals surface area (Å²) in [4.78, 5) is 0. The molecular formula is C16H38S5. The van der Waals surface area contributed by atoms with E-state index in [4.69, 9.17) is 2.97 Å².